The molecule has 0 fully saturated rings. The average Bonchev–Trinajstić information content (AvgIpc) is 2.41. The third kappa shape index (κ3) is 4.05. The molecule has 0 saturated carbocycles. The number of aryl methyl sites for hydroxylation is 2. The van der Waals surface area contributed by atoms with Gasteiger partial charge in [0.25, 0.3) is 0 Å². The van der Waals surface area contributed by atoms with Crippen LogP contribution in [0.2, 0.25) is 0 Å². The van der Waals surface area contributed by atoms with E-state index < -0.39 is 0 Å². The molecular weight excluding hydrogens is 265 g/mol. The van der Waals surface area contributed by atoms with Crippen LogP contribution in [0.15, 0.2) is 36.4 Å². The van der Waals surface area contributed by atoms with E-state index in [-0.39, 0.29) is 5.82 Å². The van der Waals surface area contributed by atoms with Crippen LogP contribution in [0.1, 0.15) is 22.3 Å². The summed E-state index contributed by atoms with van der Waals surface area (Å²) in [6.45, 7) is 5.78. The first-order valence-corrected chi connectivity index (χ1v) is 7.06. The highest BCUT2D eigenvalue weighted by atomic mass is 19.1. The fourth-order valence-electron chi connectivity index (χ4n) is 2.72. The Kier molecular flexibility index (Phi) is 4.97. The summed E-state index contributed by atoms with van der Waals surface area (Å²) < 4.78 is 18.3. The lowest BCUT2D eigenvalue weighted by atomic mass is 10.1. The average molecular weight is 287 g/mol. The minimum atomic E-state index is -0.192. The summed E-state index contributed by atoms with van der Waals surface area (Å²) in [5.41, 5.74) is 4.68. The molecule has 21 heavy (non-hydrogen) atoms. The number of hydrogen-bond donors (Lipinski definition) is 0. The Hall–Kier alpha value is -1.87. The van der Waals surface area contributed by atoms with Gasteiger partial charge >= 0.3 is 0 Å². The van der Waals surface area contributed by atoms with E-state index >= 15 is 0 Å². The molecule has 0 aliphatic carbocycles. The molecule has 0 aromatic heterocycles. The summed E-state index contributed by atoms with van der Waals surface area (Å²) in [5.74, 6) is 0.766. The van der Waals surface area contributed by atoms with Crippen LogP contribution < -0.4 is 4.74 Å². The van der Waals surface area contributed by atoms with Crippen molar-refractivity contribution >= 4 is 0 Å². The molecule has 0 heterocycles. The van der Waals surface area contributed by atoms with Gasteiger partial charge in [-0.1, -0.05) is 24.3 Å². The highest BCUT2D eigenvalue weighted by Gasteiger charge is 2.07. The topological polar surface area (TPSA) is 12.5 Å². The first-order valence-electron chi connectivity index (χ1n) is 7.06. The Morgan fingerprint density at radius 3 is 2.00 bits per heavy atom. The first kappa shape index (κ1) is 15.5. The van der Waals surface area contributed by atoms with Gasteiger partial charge in [0.1, 0.15) is 11.6 Å². The lowest BCUT2D eigenvalue weighted by Crippen LogP contribution is -2.17. The molecule has 2 rings (SSSR count). The molecule has 0 aliphatic heterocycles. The number of rotatable bonds is 5. The molecule has 2 aromatic rings. The van der Waals surface area contributed by atoms with Gasteiger partial charge in [0.05, 0.1) is 7.11 Å². The fraction of sp³-hybridized carbons (Fsp3) is 0.333. The zero-order chi connectivity index (χ0) is 15.4. The molecule has 0 N–H and O–H groups in total. The van der Waals surface area contributed by atoms with Gasteiger partial charge in [0.2, 0.25) is 0 Å². The van der Waals surface area contributed by atoms with E-state index in [4.69, 9.17) is 4.74 Å². The lowest BCUT2D eigenvalue weighted by molar-refractivity contribution is 0.318. The molecule has 0 atom stereocenters. The number of nitrogens with zero attached hydrogens (tertiary/aromatic N) is 1. The third-order valence-electron chi connectivity index (χ3n) is 3.54. The van der Waals surface area contributed by atoms with Crippen molar-refractivity contribution in [1.29, 1.82) is 0 Å². The largest absolute Gasteiger partial charge is 0.496 e. The zero-order valence-corrected chi connectivity index (χ0v) is 13.1. The summed E-state index contributed by atoms with van der Waals surface area (Å²) in [6, 6.07) is 11.0. The van der Waals surface area contributed by atoms with Crippen molar-refractivity contribution in [2.45, 2.75) is 26.9 Å². The number of ether oxygens (including phenoxy) is 1. The van der Waals surface area contributed by atoms with Gasteiger partial charge in [0, 0.05) is 13.1 Å². The van der Waals surface area contributed by atoms with Crippen molar-refractivity contribution in [3.05, 3.63) is 64.5 Å². The van der Waals surface area contributed by atoms with Crippen LogP contribution in [0.25, 0.3) is 0 Å². The Balaban J connectivity index is 2.05. The normalized spacial score (nSPS) is 11.0. The van der Waals surface area contributed by atoms with E-state index in [1.807, 2.05) is 12.1 Å². The van der Waals surface area contributed by atoms with Crippen LogP contribution >= 0.6 is 0 Å². The molecule has 0 spiro atoms. The Bertz CT molecular complexity index is 584. The second kappa shape index (κ2) is 6.72. The summed E-state index contributed by atoms with van der Waals surface area (Å²) in [7, 11) is 3.77. The van der Waals surface area contributed by atoms with Gasteiger partial charge in [-0.15, -0.1) is 0 Å². The fourth-order valence-corrected chi connectivity index (χ4v) is 2.72. The number of methoxy groups -OCH3 is 1. The van der Waals surface area contributed by atoms with E-state index in [1.54, 1.807) is 7.11 Å². The SMILES string of the molecule is COc1c(C)cc(CN(C)Cc2ccc(F)cc2)cc1C. The van der Waals surface area contributed by atoms with Gasteiger partial charge in [-0.2, -0.15) is 0 Å². The minimum absolute atomic E-state index is 0.192. The maximum absolute atomic E-state index is 12.9. The molecular formula is C18H22FNO. The monoisotopic (exact) mass is 287 g/mol. The molecule has 0 unspecified atom stereocenters. The van der Waals surface area contributed by atoms with Crippen LogP contribution in [0.5, 0.6) is 5.75 Å². The molecule has 2 nitrogen and oxygen atoms in total. The molecule has 2 aromatic carbocycles. The minimum Gasteiger partial charge on any atom is -0.496 e. The van der Waals surface area contributed by atoms with E-state index in [9.17, 15) is 4.39 Å². The molecule has 0 amide bonds. The van der Waals surface area contributed by atoms with Crippen molar-refractivity contribution in [2.24, 2.45) is 0 Å². The molecule has 112 valence electrons. The standard InChI is InChI=1S/C18H22FNO/c1-13-9-16(10-14(2)18(13)21-4)12-20(3)11-15-5-7-17(19)8-6-15/h5-10H,11-12H2,1-4H3. The maximum Gasteiger partial charge on any atom is 0.124 e. The molecule has 0 bridgehead atoms. The Morgan fingerprint density at radius 1 is 0.952 bits per heavy atom. The molecule has 0 saturated heterocycles. The van der Waals surface area contributed by atoms with Gasteiger partial charge in [-0.25, -0.2) is 4.39 Å². The Labute approximate surface area is 126 Å². The van der Waals surface area contributed by atoms with Crippen LogP contribution in [0.3, 0.4) is 0 Å². The van der Waals surface area contributed by atoms with E-state index in [2.05, 4.69) is 37.9 Å². The van der Waals surface area contributed by atoms with Gasteiger partial charge in [-0.3, -0.25) is 4.90 Å². The van der Waals surface area contributed by atoms with E-state index in [0.29, 0.717) is 0 Å². The summed E-state index contributed by atoms with van der Waals surface area (Å²) in [5, 5.41) is 0. The second-order valence-electron chi connectivity index (χ2n) is 5.56. The van der Waals surface area contributed by atoms with Crippen LogP contribution in [-0.4, -0.2) is 19.1 Å². The van der Waals surface area contributed by atoms with Gasteiger partial charge < -0.3 is 4.74 Å². The predicted molar refractivity (Wildman–Crippen MR) is 84.0 cm³/mol. The smallest absolute Gasteiger partial charge is 0.124 e. The van der Waals surface area contributed by atoms with Crippen molar-refractivity contribution in [1.82, 2.24) is 4.90 Å². The summed E-state index contributed by atoms with van der Waals surface area (Å²) >= 11 is 0. The van der Waals surface area contributed by atoms with E-state index in [0.717, 1.165) is 35.5 Å². The maximum atomic E-state index is 12.9. The summed E-state index contributed by atoms with van der Waals surface area (Å²) in [6.07, 6.45) is 0. The quantitative estimate of drug-likeness (QED) is 0.821. The van der Waals surface area contributed by atoms with Crippen LogP contribution in [0, 0.1) is 19.7 Å². The van der Waals surface area contributed by atoms with Crippen LogP contribution in [-0.2, 0) is 13.1 Å². The van der Waals surface area contributed by atoms with Crippen molar-refractivity contribution in [3.8, 4) is 5.75 Å². The Morgan fingerprint density at radius 2 is 1.48 bits per heavy atom. The van der Waals surface area contributed by atoms with E-state index in [1.165, 1.54) is 17.7 Å². The van der Waals surface area contributed by atoms with Gasteiger partial charge in [-0.05, 0) is 55.3 Å². The van der Waals surface area contributed by atoms with Crippen molar-refractivity contribution in [3.63, 3.8) is 0 Å². The van der Waals surface area contributed by atoms with Crippen molar-refractivity contribution in [2.75, 3.05) is 14.2 Å². The first-order chi connectivity index (χ1) is 9.99. The third-order valence-corrected chi connectivity index (χ3v) is 3.54. The summed E-state index contributed by atoms with van der Waals surface area (Å²) in [4.78, 5) is 2.22. The lowest BCUT2D eigenvalue weighted by Gasteiger charge is -2.18. The second-order valence-corrected chi connectivity index (χ2v) is 5.56. The molecule has 3 heteroatoms. The highest BCUT2D eigenvalue weighted by Crippen LogP contribution is 2.25. The predicted octanol–water partition coefficient (Wildman–Crippen LogP) is 4.08. The molecule has 0 aliphatic rings. The van der Waals surface area contributed by atoms with Crippen LogP contribution in [0.4, 0.5) is 4.39 Å². The highest BCUT2D eigenvalue weighted by molar-refractivity contribution is 5.43. The number of hydrogen-bond acceptors (Lipinski definition) is 2. The van der Waals surface area contributed by atoms with Crippen molar-refractivity contribution < 1.29 is 9.13 Å². The zero-order valence-electron chi connectivity index (χ0n) is 13.1. The van der Waals surface area contributed by atoms with Gasteiger partial charge in [0.15, 0.2) is 0 Å². The number of benzene rings is 2. The number of halogens is 1. The molecule has 0 radical (unpaired) electrons.